The SMILES string of the molecule is CCC(CC(=O)OC)C(C)=O.CN1N=C2CCN(Cc3ccccc3)CC2(C)CC1=O.CN1N=C2CCNCC2(C)CC1=O.COC(=O)CC1(C)CN(Cc2ccccc2)CCC1=O. The van der Waals surface area contributed by atoms with Crippen LogP contribution in [-0.4, -0.2) is 134 Å². The molecule has 2 amide bonds. The van der Waals surface area contributed by atoms with Gasteiger partial charge in [-0.25, -0.2) is 10.0 Å². The van der Waals surface area contributed by atoms with Gasteiger partial charge in [-0.15, -0.1) is 0 Å². The number of hydrogen-bond acceptors (Lipinski definition) is 13. The highest BCUT2D eigenvalue weighted by atomic mass is 16.5. The van der Waals surface area contributed by atoms with E-state index in [1.54, 1.807) is 14.1 Å². The molecule has 350 valence electrons. The van der Waals surface area contributed by atoms with E-state index in [-0.39, 0.29) is 64.9 Å². The predicted molar refractivity (Wildman–Crippen MR) is 247 cm³/mol. The number of Topliss-reactive ketones (excluding diaryl/α,β-unsaturated/α-hetero) is 2. The van der Waals surface area contributed by atoms with Crippen LogP contribution in [0.4, 0.5) is 0 Å². The minimum absolute atomic E-state index is 0.0259. The first-order chi connectivity index (χ1) is 30.3. The van der Waals surface area contributed by atoms with Crippen molar-refractivity contribution >= 4 is 46.7 Å². The van der Waals surface area contributed by atoms with E-state index in [0.29, 0.717) is 32.2 Å². The van der Waals surface area contributed by atoms with Crippen LogP contribution >= 0.6 is 0 Å². The number of benzene rings is 2. The van der Waals surface area contributed by atoms with Crippen LogP contribution in [0.3, 0.4) is 0 Å². The summed E-state index contributed by atoms with van der Waals surface area (Å²) in [5, 5.41) is 15.1. The van der Waals surface area contributed by atoms with E-state index in [2.05, 4.69) is 80.3 Å². The number of amides is 2. The van der Waals surface area contributed by atoms with E-state index in [4.69, 9.17) is 4.74 Å². The molecule has 5 aliphatic heterocycles. The van der Waals surface area contributed by atoms with Crippen LogP contribution < -0.4 is 5.32 Å². The minimum atomic E-state index is -0.625. The second kappa shape index (κ2) is 23.7. The fourth-order valence-corrected chi connectivity index (χ4v) is 8.82. The Kier molecular flexibility index (Phi) is 19.1. The van der Waals surface area contributed by atoms with Gasteiger partial charge in [-0.1, -0.05) is 88.4 Å². The standard InChI is InChI=1S/C16H21N3O.C16H21NO3.C9H15N3O.C8H14O3/c1-16-10-15(20)18(2)17-14(16)8-9-19(12-16)11-13-6-4-3-5-7-13;1-16(10-15(19)20-2)12-17(9-8-14(16)18)11-13-6-4-3-5-7-13;1-9-5-8(13)12(2)11-7(9)3-4-10-6-9;1-4-7(6(2)9)5-8(10)11-3/h2*3-7H,8-12H2,1-2H3;10H,3-6H2,1-2H3;7H,4-5H2,1-3H3. The smallest absolute Gasteiger partial charge is 0.306 e. The molecule has 0 bridgehead atoms. The number of ketones is 2. The van der Waals surface area contributed by atoms with Crippen molar-refractivity contribution in [1.82, 2.24) is 25.1 Å². The van der Waals surface area contributed by atoms with Gasteiger partial charge in [0.2, 0.25) is 11.8 Å². The molecule has 4 atom stereocenters. The van der Waals surface area contributed by atoms with Crippen molar-refractivity contribution in [2.24, 2.45) is 32.4 Å². The Morgan fingerprint density at radius 1 is 0.719 bits per heavy atom. The Labute approximate surface area is 379 Å². The zero-order valence-corrected chi connectivity index (χ0v) is 39.6. The summed E-state index contributed by atoms with van der Waals surface area (Å²) in [7, 11) is 6.18. The monoisotopic (exact) mass is 886 g/mol. The second-order valence-electron chi connectivity index (χ2n) is 18.5. The molecule has 0 aromatic heterocycles. The fraction of sp³-hybridized carbons (Fsp3) is 0.592. The van der Waals surface area contributed by atoms with Gasteiger partial charge in [0, 0.05) is 132 Å². The second-order valence-corrected chi connectivity index (χ2v) is 18.5. The summed E-state index contributed by atoms with van der Waals surface area (Å²) in [5.41, 5.74) is 4.17. The third-order valence-corrected chi connectivity index (χ3v) is 12.9. The van der Waals surface area contributed by atoms with Gasteiger partial charge in [0.25, 0.3) is 0 Å². The number of nitrogens with zero attached hydrogens (tertiary/aromatic N) is 6. The van der Waals surface area contributed by atoms with Gasteiger partial charge in [-0.3, -0.25) is 38.6 Å². The number of ether oxygens (including phenoxy) is 2. The lowest BCUT2D eigenvalue weighted by atomic mass is 9.76. The fourth-order valence-electron chi connectivity index (χ4n) is 8.82. The summed E-state index contributed by atoms with van der Waals surface area (Å²) >= 11 is 0. The third kappa shape index (κ3) is 14.7. The van der Waals surface area contributed by atoms with Crippen LogP contribution in [0.25, 0.3) is 0 Å². The molecule has 2 aromatic carbocycles. The molecule has 5 aliphatic rings. The lowest BCUT2D eigenvalue weighted by Gasteiger charge is -2.44. The third-order valence-electron chi connectivity index (χ3n) is 12.9. The summed E-state index contributed by atoms with van der Waals surface area (Å²) in [5.74, 6) is -0.338. The van der Waals surface area contributed by atoms with Crippen LogP contribution in [0.1, 0.15) is 97.1 Å². The van der Waals surface area contributed by atoms with Crippen molar-refractivity contribution in [3.63, 3.8) is 0 Å². The zero-order chi connectivity index (χ0) is 47.1. The summed E-state index contributed by atoms with van der Waals surface area (Å²) < 4.78 is 9.15. The van der Waals surface area contributed by atoms with Crippen molar-refractivity contribution in [2.75, 3.05) is 67.6 Å². The van der Waals surface area contributed by atoms with E-state index in [1.165, 1.54) is 53.7 Å². The molecule has 3 fully saturated rings. The van der Waals surface area contributed by atoms with Crippen LogP contribution in [0.15, 0.2) is 70.9 Å². The number of piperidine rings is 3. The summed E-state index contributed by atoms with van der Waals surface area (Å²) in [6.45, 7) is 16.5. The average Bonchev–Trinajstić information content (AvgIpc) is 3.26. The number of carbonyl (C=O) groups is 6. The average molecular weight is 886 g/mol. The highest BCUT2D eigenvalue weighted by Gasteiger charge is 2.43. The largest absolute Gasteiger partial charge is 0.469 e. The first-order valence-electron chi connectivity index (χ1n) is 22.4. The molecule has 5 heterocycles. The number of fused-ring (bicyclic) bond motifs is 2. The van der Waals surface area contributed by atoms with E-state index in [0.717, 1.165) is 58.7 Å². The Morgan fingerprint density at radius 3 is 1.73 bits per heavy atom. The van der Waals surface area contributed by atoms with E-state index < -0.39 is 5.41 Å². The number of rotatable bonds is 10. The van der Waals surface area contributed by atoms with Crippen molar-refractivity contribution < 1.29 is 38.2 Å². The van der Waals surface area contributed by atoms with Crippen LogP contribution in [0.2, 0.25) is 0 Å². The molecule has 15 heteroatoms. The van der Waals surface area contributed by atoms with Gasteiger partial charge in [-0.2, -0.15) is 10.2 Å². The van der Waals surface area contributed by atoms with Crippen LogP contribution in [-0.2, 0) is 51.3 Å². The van der Waals surface area contributed by atoms with Gasteiger partial charge >= 0.3 is 11.9 Å². The van der Waals surface area contributed by atoms with Crippen molar-refractivity contribution in [3.8, 4) is 0 Å². The summed E-state index contributed by atoms with van der Waals surface area (Å²) in [6, 6.07) is 20.7. The topological polar surface area (TPSA) is 171 Å². The maximum Gasteiger partial charge on any atom is 0.306 e. The van der Waals surface area contributed by atoms with Gasteiger partial charge < -0.3 is 14.8 Å². The number of methoxy groups -OCH3 is 2. The molecule has 0 radical (unpaired) electrons. The maximum absolute atomic E-state index is 12.1. The number of carbonyl (C=O) groups excluding carboxylic acids is 6. The Hall–Kier alpha value is -5.12. The maximum atomic E-state index is 12.1. The highest BCUT2D eigenvalue weighted by Crippen LogP contribution is 2.36. The quantitative estimate of drug-likeness (QED) is 0.299. The molecule has 1 N–H and O–H groups in total. The molecule has 0 aliphatic carbocycles. The van der Waals surface area contributed by atoms with E-state index in [1.807, 2.05) is 38.1 Å². The Bertz CT molecular complexity index is 1990. The Balaban J connectivity index is 0.000000193. The van der Waals surface area contributed by atoms with E-state index in [9.17, 15) is 28.8 Å². The molecule has 2 aromatic rings. The van der Waals surface area contributed by atoms with Crippen molar-refractivity contribution in [3.05, 3.63) is 71.8 Å². The lowest BCUT2D eigenvalue weighted by molar-refractivity contribution is -0.149. The zero-order valence-electron chi connectivity index (χ0n) is 39.6. The lowest BCUT2D eigenvalue weighted by Crippen LogP contribution is -2.52. The molecule has 0 saturated carbocycles. The highest BCUT2D eigenvalue weighted by molar-refractivity contribution is 5.98. The number of esters is 2. The molecular weight excluding hydrogens is 815 g/mol. The molecule has 7 rings (SSSR count). The van der Waals surface area contributed by atoms with Crippen LogP contribution in [0.5, 0.6) is 0 Å². The molecular formula is C49H71N7O8. The first-order valence-corrected chi connectivity index (χ1v) is 22.4. The summed E-state index contributed by atoms with van der Waals surface area (Å²) in [6.07, 6.45) is 4.67. The molecule has 64 heavy (non-hydrogen) atoms. The predicted octanol–water partition coefficient (Wildman–Crippen LogP) is 5.52. The van der Waals surface area contributed by atoms with Crippen LogP contribution in [0, 0.1) is 22.2 Å². The number of nitrogens with one attached hydrogen (secondary N) is 1. The molecule has 0 spiro atoms. The van der Waals surface area contributed by atoms with Gasteiger partial charge in [0.15, 0.2) is 0 Å². The Morgan fingerprint density at radius 2 is 1.22 bits per heavy atom. The van der Waals surface area contributed by atoms with Crippen molar-refractivity contribution in [2.45, 2.75) is 99.1 Å². The van der Waals surface area contributed by atoms with Crippen molar-refractivity contribution in [1.29, 1.82) is 0 Å². The minimum Gasteiger partial charge on any atom is -0.469 e. The number of hydrogen-bond donors (Lipinski definition) is 1. The normalized spacial score (nSPS) is 24.9. The molecule has 4 unspecified atom stereocenters. The first kappa shape index (κ1) is 51.5. The summed E-state index contributed by atoms with van der Waals surface area (Å²) in [4.78, 5) is 73.2. The van der Waals surface area contributed by atoms with Gasteiger partial charge in [-0.05, 0) is 24.5 Å². The number of likely N-dealkylation sites (tertiary alicyclic amines) is 2. The molecule has 15 nitrogen and oxygen atoms in total. The molecule has 3 saturated heterocycles. The number of hydrazone groups is 2. The van der Waals surface area contributed by atoms with Gasteiger partial charge in [0.1, 0.15) is 11.6 Å². The van der Waals surface area contributed by atoms with E-state index >= 15 is 0 Å². The van der Waals surface area contributed by atoms with Gasteiger partial charge in [0.05, 0.1) is 27.1 Å².